The Bertz CT molecular complexity index is 468. The standard InChI is InChI=1S/C16H19N/c1-12-3-7-14(8-4-12)11-16(17)15-9-5-13(2)6-10-15/h3-10,16H,11,17H2,1-2H3. The fourth-order valence-corrected chi connectivity index (χ4v) is 1.91. The maximum Gasteiger partial charge on any atom is 0.0335 e. The molecular weight excluding hydrogens is 206 g/mol. The van der Waals surface area contributed by atoms with Gasteiger partial charge in [0.2, 0.25) is 0 Å². The highest BCUT2D eigenvalue weighted by atomic mass is 14.6. The number of aryl methyl sites for hydroxylation is 2. The van der Waals surface area contributed by atoms with Gasteiger partial charge >= 0.3 is 0 Å². The number of nitrogens with two attached hydrogens (primary N) is 1. The van der Waals surface area contributed by atoms with Crippen LogP contribution < -0.4 is 5.73 Å². The van der Waals surface area contributed by atoms with Crippen LogP contribution in [-0.4, -0.2) is 0 Å². The Morgan fingerprint density at radius 3 is 1.82 bits per heavy atom. The molecule has 1 nitrogen and oxygen atoms in total. The Hall–Kier alpha value is -1.60. The summed E-state index contributed by atoms with van der Waals surface area (Å²) >= 11 is 0. The molecule has 1 heteroatoms. The van der Waals surface area contributed by atoms with Gasteiger partial charge in [0.15, 0.2) is 0 Å². The van der Waals surface area contributed by atoms with E-state index in [-0.39, 0.29) is 6.04 Å². The average Bonchev–Trinajstić information content (AvgIpc) is 2.33. The third kappa shape index (κ3) is 3.18. The SMILES string of the molecule is Cc1ccc(CC(N)c2ccc(C)cc2)cc1. The summed E-state index contributed by atoms with van der Waals surface area (Å²) in [4.78, 5) is 0. The van der Waals surface area contributed by atoms with Crippen LogP contribution >= 0.6 is 0 Å². The topological polar surface area (TPSA) is 26.0 Å². The van der Waals surface area contributed by atoms with Gasteiger partial charge in [-0.05, 0) is 31.4 Å². The molecule has 1 atom stereocenters. The summed E-state index contributed by atoms with van der Waals surface area (Å²) in [5.74, 6) is 0. The number of benzene rings is 2. The zero-order valence-electron chi connectivity index (χ0n) is 10.5. The smallest absolute Gasteiger partial charge is 0.0335 e. The van der Waals surface area contributed by atoms with E-state index in [4.69, 9.17) is 5.73 Å². The summed E-state index contributed by atoms with van der Waals surface area (Å²) in [5, 5.41) is 0. The fourth-order valence-electron chi connectivity index (χ4n) is 1.91. The molecule has 0 aliphatic carbocycles. The van der Waals surface area contributed by atoms with E-state index in [1.807, 2.05) is 0 Å². The largest absolute Gasteiger partial charge is 0.324 e. The van der Waals surface area contributed by atoms with Crippen molar-refractivity contribution in [2.45, 2.75) is 26.3 Å². The van der Waals surface area contributed by atoms with Crippen LogP contribution in [0.25, 0.3) is 0 Å². The Morgan fingerprint density at radius 1 is 0.824 bits per heavy atom. The Morgan fingerprint density at radius 2 is 1.29 bits per heavy atom. The van der Waals surface area contributed by atoms with Crippen LogP contribution in [0.15, 0.2) is 48.5 Å². The molecule has 0 amide bonds. The highest BCUT2D eigenvalue weighted by Crippen LogP contribution is 2.17. The van der Waals surface area contributed by atoms with Gasteiger partial charge in [0.1, 0.15) is 0 Å². The molecule has 0 aromatic heterocycles. The summed E-state index contributed by atoms with van der Waals surface area (Å²) < 4.78 is 0. The van der Waals surface area contributed by atoms with E-state index >= 15 is 0 Å². The van der Waals surface area contributed by atoms with Gasteiger partial charge in [-0.15, -0.1) is 0 Å². The van der Waals surface area contributed by atoms with E-state index < -0.39 is 0 Å². The van der Waals surface area contributed by atoms with E-state index in [0.717, 1.165) is 6.42 Å². The molecule has 1 unspecified atom stereocenters. The van der Waals surface area contributed by atoms with Gasteiger partial charge in [0, 0.05) is 6.04 Å². The van der Waals surface area contributed by atoms with E-state index in [1.54, 1.807) is 0 Å². The van der Waals surface area contributed by atoms with Gasteiger partial charge in [-0.25, -0.2) is 0 Å². The summed E-state index contributed by atoms with van der Waals surface area (Å²) in [6, 6.07) is 17.1. The van der Waals surface area contributed by atoms with E-state index in [0.29, 0.717) is 0 Å². The highest BCUT2D eigenvalue weighted by Gasteiger charge is 2.06. The molecule has 0 saturated carbocycles. The van der Waals surface area contributed by atoms with Gasteiger partial charge in [-0.3, -0.25) is 0 Å². The molecule has 0 aliphatic rings. The van der Waals surface area contributed by atoms with E-state index in [9.17, 15) is 0 Å². The first-order valence-corrected chi connectivity index (χ1v) is 6.03. The lowest BCUT2D eigenvalue weighted by atomic mass is 9.98. The third-order valence-electron chi connectivity index (χ3n) is 3.08. The second-order valence-electron chi connectivity index (χ2n) is 4.71. The Balaban J connectivity index is 2.08. The first-order chi connectivity index (χ1) is 8.15. The maximum absolute atomic E-state index is 6.22. The minimum Gasteiger partial charge on any atom is -0.324 e. The Kier molecular flexibility index (Phi) is 3.60. The molecule has 0 spiro atoms. The van der Waals surface area contributed by atoms with Gasteiger partial charge in [-0.1, -0.05) is 59.7 Å². The summed E-state index contributed by atoms with van der Waals surface area (Å²) in [5.41, 5.74) is 11.3. The third-order valence-corrected chi connectivity index (χ3v) is 3.08. The summed E-state index contributed by atoms with van der Waals surface area (Å²) in [6.45, 7) is 4.19. The van der Waals surface area contributed by atoms with Crippen LogP contribution in [0, 0.1) is 13.8 Å². The molecule has 0 aliphatic heterocycles. The zero-order chi connectivity index (χ0) is 12.3. The first kappa shape index (κ1) is 11.9. The fraction of sp³-hybridized carbons (Fsp3) is 0.250. The maximum atomic E-state index is 6.22. The van der Waals surface area contributed by atoms with Crippen LogP contribution in [0.5, 0.6) is 0 Å². The van der Waals surface area contributed by atoms with Gasteiger partial charge < -0.3 is 5.73 Å². The van der Waals surface area contributed by atoms with Crippen LogP contribution in [0.4, 0.5) is 0 Å². The van der Waals surface area contributed by atoms with Gasteiger partial charge in [-0.2, -0.15) is 0 Å². The molecule has 88 valence electrons. The van der Waals surface area contributed by atoms with Crippen molar-refractivity contribution in [3.63, 3.8) is 0 Å². The molecule has 17 heavy (non-hydrogen) atoms. The van der Waals surface area contributed by atoms with Gasteiger partial charge in [0.25, 0.3) is 0 Å². The quantitative estimate of drug-likeness (QED) is 0.849. The lowest BCUT2D eigenvalue weighted by Crippen LogP contribution is -2.13. The lowest BCUT2D eigenvalue weighted by Gasteiger charge is -2.12. The molecule has 0 saturated heterocycles. The Labute approximate surface area is 103 Å². The van der Waals surface area contributed by atoms with Crippen LogP contribution in [0.1, 0.15) is 28.3 Å². The second-order valence-corrected chi connectivity index (χ2v) is 4.71. The molecular formula is C16H19N. The predicted molar refractivity (Wildman–Crippen MR) is 73.0 cm³/mol. The van der Waals surface area contributed by atoms with Crippen molar-refractivity contribution in [3.05, 3.63) is 70.8 Å². The normalized spacial score (nSPS) is 12.4. The molecule has 0 radical (unpaired) electrons. The molecule has 0 heterocycles. The molecule has 2 aromatic rings. The number of hydrogen-bond donors (Lipinski definition) is 1. The number of hydrogen-bond acceptors (Lipinski definition) is 1. The first-order valence-electron chi connectivity index (χ1n) is 6.03. The van der Waals surface area contributed by atoms with Crippen LogP contribution in [0.2, 0.25) is 0 Å². The molecule has 0 fully saturated rings. The van der Waals surface area contributed by atoms with Crippen molar-refractivity contribution in [1.29, 1.82) is 0 Å². The van der Waals surface area contributed by atoms with Crippen molar-refractivity contribution >= 4 is 0 Å². The van der Waals surface area contributed by atoms with Crippen molar-refractivity contribution < 1.29 is 0 Å². The van der Waals surface area contributed by atoms with Gasteiger partial charge in [0.05, 0.1) is 0 Å². The highest BCUT2D eigenvalue weighted by molar-refractivity contribution is 5.27. The van der Waals surface area contributed by atoms with Crippen molar-refractivity contribution in [2.75, 3.05) is 0 Å². The van der Waals surface area contributed by atoms with E-state index in [1.165, 1.54) is 22.3 Å². The monoisotopic (exact) mass is 225 g/mol. The van der Waals surface area contributed by atoms with Crippen LogP contribution in [-0.2, 0) is 6.42 Å². The average molecular weight is 225 g/mol. The molecule has 2 N–H and O–H groups in total. The van der Waals surface area contributed by atoms with Crippen molar-refractivity contribution in [2.24, 2.45) is 5.73 Å². The van der Waals surface area contributed by atoms with Crippen LogP contribution in [0.3, 0.4) is 0 Å². The predicted octanol–water partition coefficient (Wildman–Crippen LogP) is 3.55. The molecule has 2 rings (SSSR count). The van der Waals surface area contributed by atoms with E-state index in [2.05, 4.69) is 62.4 Å². The molecule has 2 aromatic carbocycles. The summed E-state index contributed by atoms with van der Waals surface area (Å²) in [6.07, 6.45) is 0.892. The number of rotatable bonds is 3. The van der Waals surface area contributed by atoms with Crippen molar-refractivity contribution in [3.8, 4) is 0 Å². The second kappa shape index (κ2) is 5.15. The minimum atomic E-state index is 0.0818. The molecule has 0 bridgehead atoms. The summed E-state index contributed by atoms with van der Waals surface area (Å²) in [7, 11) is 0. The van der Waals surface area contributed by atoms with Crippen molar-refractivity contribution in [1.82, 2.24) is 0 Å². The lowest BCUT2D eigenvalue weighted by molar-refractivity contribution is 0.721. The minimum absolute atomic E-state index is 0.0818. The zero-order valence-corrected chi connectivity index (χ0v) is 10.5.